The highest BCUT2D eigenvalue weighted by Gasteiger charge is 2.50. The number of aliphatic hydroxyl groups is 1. The molecule has 0 saturated carbocycles. The minimum atomic E-state index is -1.43. The first-order valence-corrected chi connectivity index (χ1v) is 9.08. The average Bonchev–Trinajstić information content (AvgIpc) is 3.14. The third-order valence-electron chi connectivity index (χ3n) is 6.31. The van der Waals surface area contributed by atoms with Crippen LogP contribution in [0.15, 0.2) is 24.3 Å². The first kappa shape index (κ1) is 16.1. The summed E-state index contributed by atoms with van der Waals surface area (Å²) in [7, 11) is 0. The van der Waals surface area contributed by atoms with Crippen LogP contribution >= 0.6 is 0 Å². The molecular weight excluding hydrogens is 304 g/mol. The number of likely N-dealkylation sites (tertiary alicyclic amines) is 1. The van der Waals surface area contributed by atoms with E-state index in [1.54, 1.807) is 0 Å². The number of para-hydroxylation sites is 1. The van der Waals surface area contributed by atoms with Crippen molar-refractivity contribution < 1.29 is 14.6 Å². The number of fused-ring (bicyclic) bond motifs is 2. The third-order valence-corrected chi connectivity index (χ3v) is 6.31. The highest BCUT2D eigenvalue weighted by molar-refractivity contribution is 6.04. The van der Waals surface area contributed by atoms with E-state index in [1.165, 1.54) is 6.42 Å². The Labute approximate surface area is 143 Å². The van der Waals surface area contributed by atoms with E-state index in [9.17, 15) is 9.90 Å². The molecule has 0 unspecified atom stereocenters. The lowest BCUT2D eigenvalue weighted by molar-refractivity contribution is -0.138. The number of amides is 1. The minimum Gasteiger partial charge on any atom is -0.375 e. The van der Waals surface area contributed by atoms with Crippen LogP contribution in [0.25, 0.3) is 0 Å². The highest BCUT2D eigenvalue weighted by atomic mass is 16.5. The van der Waals surface area contributed by atoms with Crippen molar-refractivity contribution >= 4 is 11.6 Å². The van der Waals surface area contributed by atoms with Crippen LogP contribution in [0.3, 0.4) is 0 Å². The van der Waals surface area contributed by atoms with Gasteiger partial charge in [-0.3, -0.25) is 9.69 Å². The summed E-state index contributed by atoms with van der Waals surface area (Å²) >= 11 is 0. The molecule has 3 atom stereocenters. The predicted molar refractivity (Wildman–Crippen MR) is 91.5 cm³/mol. The zero-order chi connectivity index (χ0) is 16.8. The summed E-state index contributed by atoms with van der Waals surface area (Å²) in [6.07, 6.45) is 5.17. The van der Waals surface area contributed by atoms with Gasteiger partial charge < -0.3 is 15.2 Å². The van der Waals surface area contributed by atoms with E-state index < -0.39 is 5.60 Å². The summed E-state index contributed by atoms with van der Waals surface area (Å²) in [4.78, 5) is 14.7. The number of rotatable bonds is 4. The molecule has 0 aromatic heterocycles. The van der Waals surface area contributed by atoms with Gasteiger partial charge in [0.1, 0.15) is 6.23 Å². The fourth-order valence-corrected chi connectivity index (χ4v) is 4.78. The van der Waals surface area contributed by atoms with Gasteiger partial charge in [0.2, 0.25) is 0 Å². The molecule has 3 aliphatic rings. The largest absolute Gasteiger partial charge is 0.375 e. The number of nitrogens with one attached hydrogen (secondary N) is 1. The van der Waals surface area contributed by atoms with Crippen molar-refractivity contribution in [3.63, 3.8) is 0 Å². The zero-order valence-electron chi connectivity index (χ0n) is 14.3. The third kappa shape index (κ3) is 2.30. The van der Waals surface area contributed by atoms with E-state index in [0.717, 1.165) is 38.1 Å². The number of anilines is 1. The minimum absolute atomic E-state index is 0.138. The Morgan fingerprint density at radius 3 is 3.04 bits per heavy atom. The van der Waals surface area contributed by atoms with E-state index >= 15 is 0 Å². The van der Waals surface area contributed by atoms with Crippen LogP contribution in [0.1, 0.15) is 44.6 Å². The summed E-state index contributed by atoms with van der Waals surface area (Å²) < 4.78 is 6.05. The van der Waals surface area contributed by atoms with Crippen molar-refractivity contribution in [1.82, 2.24) is 4.90 Å². The first-order chi connectivity index (χ1) is 11.6. The van der Waals surface area contributed by atoms with E-state index in [-0.39, 0.29) is 17.6 Å². The van der Waals surface area contributed by atoms with Crippen molar-refractivity contribution in [1.29, 1.82) is 0 Å². The van der Waals surface area contributed by atoms with E-state index in [0.29, 0.717) is 18.5 Å². The van der Waals surface area contributed by atoms with Crippen molar-refractivity contribution in [3.05, 3.63) is 29.8 Å². The second kappa shape index (κ2) is 5.83. The number of hydrogen-bond acceptors (Lipinski definition) is 4. The van der Waals surface area contributed by atoms with Gasteiger partial charge in [0.05, 0.1) is 0 Å². The van der Waals surface area contributed by atoms with Gasteiger partial charge in [0.15, 0.2) is 5.60 Å². The molecule has 4 rings (SSSR count). The molecule has 3 heterocycles. The van der Waals surface area contributed by atoms with Crippen LogP contribution in [-0.2, 0) is 15.1 Å². The maximum Gasteiger partial charge on any atom is 0.261 e. The van der Waals surface area contributed by atoms with Crippen LogP contribution in [-0.4, -0.2) is 41.8 Å². The van der Waals surface area contributed by atoms with Crippen molar-refractivity contribution in [2.24, 2.45) is 5.41 Å². The number of piperidine rings is 1. The molecule has 0 spiro atoms. The van der Waals surface area contributed by atoms with Gasteiger partial charge in [-0.2, -0.15) is 0 Å². The summed E-state index contributed by atoms with van der Waals surface area (Å²) in [5, 5.41) is 13.8. The second-order valence-corrected chi connectivity index (χ2v) is 7.44. The fourth-order valence-electron chi connectivity index (χ4n) is 4.78. The summed E-state index contributed by atoms with van der Waals surface area (Å²) in [5.41, 5.74) is 0.253. The Morgan fingerprint density at radius 2 is 2.21 bits per heavy atom. The summed E-state index contributed by atoms with van der Waals surface area (Å²) in [5.74, 6) is -0.310. The molecule has 1 aromatic carbocycles. The molecule has 1 aromatic rings. The molecule has 5 nitrogen and oxygen atoms in total. The Morgan fingerprint density at radius 1 is 1.38 bits per heavy atom. The van der Waals surface area contributed by atoms with Gasteiger partial charge in [-0.05, 0) is 31.7 Å². The standard InChI is InChI=1S/C19H26N2O3/c1-2-18-8-5-11-21(17(18)24-13-10-18)12-9-19(23)14-6-3-4-7-15(14)20-16(19)22/h3-4,6-7,17,23H,2,5,8-13H2,1H3,(H,20,22)/t17-,18+,19+/m1/s1. The predicted octanol–water partition coefficient (Wildman–Crippen LogP) is 2.46. The topological polar surface area (TPSA) is 61.8 Å². The second-order valence-electron chi connectivity index (χ2n) is 7.44. The molecule has 0 radical (unpaired) electrons. The Hall–Kier alpha value is -1.43. The molecule has 2 fully saturated rings. The van der Waals surface area contributed by atoms with E-state index in [1.807, 2.05) is 24.3 Å². The van der Waals surface area contributed by atoms with Gasteiger partial charge in [0, 0.05) is 42.8 Å². The van der Waals surface area contributed by atoms with Gasteiger partial charge in [-0.25, -0.2) is 0 Å². The van der Waals surface area contributed by atoms with Crippen LogP contribution in [0.4, 0.5) is 5.69 Å². The SMILES string of the molecule is CC[C@@]12CCCN(CC[C@@]3(O)C(=O)Nc4ccccc43)[C@@H]1OCC2. The Balaban J connectivity index is 1.52. The van der Waals surface area contributed by atoms with Crippen LogP contribution in [0.2, 0.25) is 0 Å². The number of benzene rings is 1. The zero-order valence-corrected chi connectivity index (χ0v) is 14.3. The monoisotopic (exact) mass is 330 g/mol. The molecular formula is C19H26N2O3. The van der Waals surface area contributed by atoms with Crippen LogP contribution in [0.5, 0.6) is 0 Å². The molecule has 0 bridgehead atoms. The van der Waals surface area contributed by atoms with Crippen LogP contribution < -0.4 is 5.32 Å². The number of ether oxygens (including phenoxy) is 1. The summed E-state index contributed by atoms with van der Waals surface area (Å²) in [6.45, 7) is 4.72. The van der Waals surface area contributed by atoms with Crippen molar-refractivity contribution in [2.75, 3.05) is 25.0 Å². The molecule has 2 saturated heterocycles. The summed E-state index contributed by atoms with van der Waals surface area (Å²) in [6, 6.07) is 7.42. The smallest absolute Gasteiger partial charge is 0.261 e. The molecule has 0 aliphatic carbocycles. The van der Waals surface area contributed by atoms with Crippen LogP contribution in [0, 0.1) is 5.41 Å². The average molecular weight is 330 g/mol. The van der Waals surface area contributed by atoms with Gasteiger partial charge in [0.25, 0.3) is 5.91 Å². The Kier molecular flexibility index (Phi) is 3.90. The molecule has 1 amide bonds. The maximum atomic E-state index is 12.4. The fraction of sp³-hybridized carbons (Fsp3) is 0.632. The lowest BCUT2D eigenvalue weighted by atomic mass is 9.75. The molecule has 5 heteroatoms. The number of hydrogen-bond donors (Lipinski definition) is 2. The number of carbonyl (C=O) groups is 1. The van der Waals surface area contributed by atoms with Gasteiger partial charge in [-0.15, -0.1) is 0 Å². The number of carbonyl (C=O) groups excluding carboxylic acids is 1. The first-order valence-electron chi connectivity index (χ1n) is 9.08. The van der Waals surface area contributed by atoms with E-state index in [2.05, 4.69) is 17.1 Å². The molecule has 2 N–H and O–H groups in total. The van der Waals surface area contributed by atoms with E-state index in [4.69, 9.17) is 4.74 Å². The van der Waals surface area contributed by atoms with Crippen molar-refractivity contribution in [2.45, 2.75) is 50.9 Å². The Bertz CT molecular complexity index is 649. The lowest BCUT2D eigenvalue weighted by Gasteiger charge is -2.45. The highest BCUT2D eigenvalue weighted by Crippen LogP contribution is 2.47. The van der Waals surface area contributed by atoms with Crippen molar-refractivity contribution in [3.8, 4) is 0 Å². The quantitative estimate of drug-likeness (QED) is 0.890. The molecule has 24 heavy (non-hydrogen) atoms. The number of nitrogens with zero attached hydrogens (tertiary/aromatic N) is 1. The normalized spacial score (nSPS) is 35.6. The lowest BCUT2D eigenvalue weighted by Crippen LogP contribution is -2.51. The van der Waals surface area contributed by atoms with Gasteiger partial charge in [-0.1, -0.05) is 25.1 Å². The maximum absolute atomic E-state index is 12.4. The van der Waals surface area contributed by atoms with Gasteiger partial charge >= 0.3 is 0 Å². The molecule has 3 aliphatic heterocycles. The molecule has 130 valence electrons.